The first-order valence-electron chi connectivity index (χ1n) is 6.51. The highest BCUT2D eigenvalue weighted by atomic mass is 16.5. The Balaban J connectivity index is 2.69. The monoisotopic (exact) mass is 234 g/mol. The molecule has 1 unspecified atom stereocenters. The third-order valence-corrected chi connectivity index (χ3v) is 2.78. The van der Waals surface area contributed by atoms with Crippen molar-refractivity contribution in [3.05, 3.63) is 35.9 Å². The van der Waals surface area contributed by atoms with Crippen molar-refractivity contribution in [2.45, 2.75) is 45.4 Å². The van der Waals surface area contributed by atoms with Crippen LogP contribution < -0.4 is 0 Å². The van der Waals surface area contributed by atoms with Gasteiger partial charge in [0.1, 0.15) is 0 Å². The molecule has 2 nitrogen and oxygen atoms in total. The predicted molar refractivity (Wildman–Crippen MR) is 70.0 cm³/mol. The Labute approximate surface area is 104 Å². The zero-order chi connectivity index (χ0) is 12.5. The molecule has 2 heteroatoms. The number of carbonyl (C=O) groups is 1. The summed E-state index contributed by atoms with van der Waals surface area (Å²) >= 11 is 0. The fourth-order valence-electron chi connectivity index (χ4n) is 1.82. The largest absolute Gasteiger partial charge is 0.465 e. The van der Waals surface area contributed by atoms with Crippen LogP contribution in [0.25, 0.3) is 0 Å². The highest BCUT2D eigenvalue weighted by molar-refractivity contribution is 5.78. The van der Waals surface area contributed by atoms with Gasteiger partial charge in [0.25, 0.3) is 0 Å². The minimum Gasteiger partial charge on any atom is -0.465 e. The summed E-state index contributed by atoms with van der Waals surface area (Å²) in [6.45, 7) is 4.67. The molecule has 94 valence electrons. The molecule has 1 aromatic carbocycles. The molecule has 0 saturated carbocycles. The number of hydrogen-bond acceptors (Lipinski definition) is 2. The summed E-state index contributed by atoms with van der Waals surface area (Å²) in [7, 11) is 0. The zero-order valence-electron chi connectivity index (χ0n) is 10.8. The summed E-state index contributed by atoms with van der Waals surface area (Å²) in [5, 5.41) is 0. The molecule has 0 N–H and O–H groups in total. The molecule has 0 aliphatic rings. The van der Waals surface area contributed by atoms with Gasteiger partial charge in [0.2, 0.25) is 0 Å². The second kappa shape index (κ2) is 7.88. The second-order valence-electron chi connectivity index (χ2n) is 4.27. The lowest BCUT2D eigenvalue weighted by Gasteiger charge is -2.15. The maximum Gasteiger partial charge on any atom is 0.313 e. The minimum absolute atomic E-state index is 0.0773. The van der Waals surface area contributed by atoms with Crippen molar-refractivity contribution in [3.63, 3.8) is 0 Å². The van der Waals surface area contributed by atoms with Gasteiger partial charge < -0.3 is 4.74 Å². The van der Waals surface area contributed by atoms with E-state index in [1.54, 1.807) is 0 Å². The number of esters is 1. The van der Waals surface area contributed by atoms with Crippen molar-refractivity contribution in [3.8, 4) is 0 Å². The molecule has 0 radical (unpaired) electrons. The Kier molecular flexibility index (Phi) is 6.38. The van der Waals surface area contributed by atoms with E-state index in [0.717, 1.165) is 31.2 Å². The Hall–Kier alpha value is -1.31. The fraction of sp³-hybridized carbons (Fsp3) is 0.533. The van der Waals surface area contributed by atoms with Crippen LogP contribution in [0, 0.1) is 0 Å². The summed E-state index contributed by atoms with van der Waals surface area (Å²) in [4.78, 5) is 12.0. The van der Waals surface area contributed by atoms with Crippen LogP contribution in [0.2, 0.25) is 0 Å². The van der Waals surface area contributed by atoms with Crippen LogP contribution in [0.5, 0.6) is 0 Å². The molecule has 0 spiro atoms. The van der Waals surface area contributed by atoms with E-state index < -0.39 is 0 Å². The van der Waals surface area contributed by atoms with Gasteiger partial charge in [-0.05, 0) is 18.4 Å². The van der Waals surface area contributed by atoms with E-state index in [2.05, 4.69) is 6.92 Å². The van der Waals surface area contributed by atoms with Gasteiger partial charge >= 0.3 is 5.97 Å². The molecule has 0 heterocycles. The van der Waals surface area contributed by atoms with Gasteiger partial charge in [0.15, 0.2) is 0 Å². The van der Waals surface area contributed by atoms with E-state index in [-0.39, 0.29) is 11.9 Å². The van der Waals surface area contributed by atoms with Crippen molar-refractivity contribution in [1.82, 2.24) is 0 Å². The molecule has 0 amide bonds. The molecule has 1 aromatic rings. The minimum atomic E-state index is -0.0947. The number of unbranched alkanes of at least 4 members (excludes halogenated alkanes) is 1. The van der Waals surface area contributed by atoms with Crippen LogP contribution in [0.4, 0.5) is 0 Å². The fourth-order valence-corrected chi connectivity index (χ4v) is 1.82. The topological polar surface area (TPSA) is 26.3 Å². The molecule has 0 aliphatic heterocycles. The normalized spacial score (nSPS) is 12.1. The average Bonchev–Trinajstić information content (AvgIpc) is 2.38. The molecule has 17 heavy (non-hydrogen) atoms. The van der Waals surface area contributed by atoms with E-state index in [4.69, 9.17) is 4.74 Å². The van der Waals surface area contributed by atoms with Crippen LogP contribution in [-0.4, -0.2) is 12.6 Å². The van der Waals surface area contributed by atoms with Gasteiger partial charge in [-0.2, -0.15) is 0 Å². The van der Waals surface area contributed by atoms with E-state index in [0.29, 0.717) is 6.61 Å². The lowest BCUT2D eigenvalue weighted by Crippen LogP contribution is -2.16. The van der Waals surface area contributed by atoms with E-state index >= 15 is 0 Å². The van der Waals surface area contributed by atoms with E-state index in [1.807, 2.05) is 37.3 Å². The first kappa shape index (κ1) is 13.8. The molecule has 0 aliphatic carbocycles. The highest BCUT2D eigenvalue weighted by Crippen LogP contribution is 2.23. The summed E-state index contributed by atoms with van der Waals surface area (Å²) < 4.78 is 5.27. The summed E-state index contributed by atoms with van der Waals surface area (Å²) in [5.74, 6) is -0.172. The molecule has 0 bridgehead atoms. The third kappa shape index (κ3) is 4.59. The van der Waals surface area contributed by atoms with E-state index in [1.165, 1.54) is 0 Å². The Morgan fingerprint density at radius 2 is 1.88 bits per heavy atom. The molecule has 0 aromatic heterocycles. The van der Waals surface area contributed by atoms with Crippen LogP contribution in [0.1, 0.15) is 51.0 Å². The smallest absolute Gasteiger partial charge is 0.313 e. The molecular weight excluding hydrogens is 212 g/mol. The average molecular weight is 234 g/mol. The molecular formula is C15H22O2. The Morgan fingerprint density at radius 1 is 1.18 bits per heavy atom. The van der Waals surface area contributed by atoms with Crippen LogP contribution in [0.15, 0.2) is 30.3 Å². The summed E-state index contributed by atoms with van der Waals surface area (Å²) in [6.07, 6.45) is 3.91. The van der Waals surface area contributed by atoms with Crippen molar-refractivity contribution in [1.29, 1.82) is 0 Å². The summed E-state index contributed by atoms with van der Waals surface area (Å²) in [5.41, 5.74) is 1.07. The first-order valence-corrected chi connectivity index (χ1v) is 6.51. The first-order chi connectivity index (χ1) is 8.29. The zero-order valence-corrected chi connectivity index (χ0v) is 10.8. The second-order valence-corrected chi connectivity index (χ2v) is 4.27. The predicted octanol–water partition coefficient (Wildman–Crippen LogP) is 3.91. The Bertz CT molecular complexity index is 319. The van der Waals surface area contributed by atoms with Gasteiger partial charge in [0, 0.05) is 0 Å². The van der Waals surface area contributed by atoms with Gasteiger partial charge in [0.05, 0.1) is 12.5 Å². The van der Waals surface area contributed by atoms with Gasteiger partial charge in [-0.3, -0.25) is 4.79 Å². The van der Waals surface area contributed by atoms with Crippen molar-refractivity contribution in [2.24, 2.45) is 0 Å². The van der Waals surface area contributed by atoms with Gasteiger partial charge in [-0.25, -0.2) is 0 Å². The molecule has 0 fully saturated rings. The SMILES string of the molecule is CCCCC(C(=O)OCCC)c1ccccc1. The van der Waals surface area contributed by atoms with Gasteiger partial charge in [-0.15, -0.1) is 0 Å². The number of rotatable bonds is 7. The number of ether oxygens (including phenoxy) is 1. The van der Waals surface area contributed by atoms with E-state index in [9.17, 15) is 4.79 Å². The highest BCUT2D eigenvalue weighted by Gasteiger charge is 2.20. The maximum atomic E-state index is 12.0. The number of hydrogen-bond donors (Lipinski definition) is 0. The van der Waals surface area contributed by atoms with Crippen LogP contribution in [0.3, 0.4) is 0 Å². The third-order valence-electron chi connectivity index (χ3n) is 2.78. The molecule has 1 rings (SSSR count). The summed E-state index contributed by atoms with van der Waals surface area (Å²) in [6, 6.07) is 9.93. The van der Waals surface area contributed by atoms with Gasteiger partial charge in [-0.1, -0.05) is 57.0 Å². The maximum absolute atomic E-state index is 12.0. The molecule has 0 saturated heterocycles. The lowest BCUT2D eigenvalue weighted by molar-refractivity contribution is -0.145. The molecule has 1 atom stereocenters. The van der Waals surface area contributed by atoms with Crippen molar-refractivity contribution < 1.29 is 9.53 Å². The van der Waals surface area contributed by atoms with Crippen LogP contribution >= 0.6 is 0 Å². The Morgan fingerprint density at radius 3 is 2.47 bits per heavy atom. The quantitative estimate of drug-likeness (QED) is 0.668. The lowest BCUT2D eigenvalue weighted by atomic mass is 9.94. The standard InChI is InChI=1S/C15H22O2/c1-3-5-11-14(15(16)17-12-4-2)13-9-7-6-8-10-13/h6-10,14H,3-5,11-12H2,1-2H3. The number of benzene rings is 1. The van der Waals surface area contributed by atoms with Crippen LogP contribution in [-0.2, 0) is 9.53 Å². The van der Waals surface area contributed by atoms with Crippen molar-refractivity contribution >= 4 is 5.97 Å². The number of carbonyl (C=O) groups excluding carboxylic acids is 1. The van der Waals surface area contributed by atoms with Crippen molar-refractivity contribution in [2.75, 3.05) is 6.61 Å².